The Morgan fingerprint density at radius 3 is 2.90 bits per heavy atom. The van der Waals surface area contributed by atoms with E-state index >= 15 is 0 Å². The number of hydrogen-bond donors (Lipinski definition) is 1. The highest BCUT2D eigenvalue weighted by Crippen LogP contribution is 2.15. The molecule has 4 heteroatoms. The monoisotopic (exact) mass is 145 g/mol. The lowest BCUT2D eigenvalue weighted by Gasteiger charge is -2.16. The third-order valence-electron chi connectivity index (χ3n) is 1.69. The molecule has 0 radical (unpaired) electrons. The molecule has 1 atom stereocenters. The van der Waals surface area contributed by atoms with Crippen LogP contribution >= 0.6 is 0 Å². The zero-order valence-corrected chi connectivity index (χ0v) is 5.91. The number of carbonyl (C=O) groups is 1. The van der Waals surface area contributed by atoms with Crippen LogP contribution in [0.15, 0.2) is 0 Å². The fourth-order valence-corrected chi connectivity index (χ4v) is 1.14. The minimum Gasteiger partial charge on any atom is -0.450 e. The van der Waals surface area contributed by atoms with Crippen LogP contribution in [0, 0.1) is 0 Å². The van der Waals surface area contributed by atoms with Crippen molar-refractivity contribution in [2.24, 2.45) is 0 Å². The van der Waals surface area contributed by atoms with Gasteiger partial charge in [-0.05, 0) is 19.9 Å². The highest BCUT2D eigenvalue weighted by atomic mass is 16.7. The molecule has 0 spiro atoms. The van der Waals surface area contributed by atoms with Gasteiger partial charge in [0.2, 0.25) is 0 Å². The molecule has 0 saturated carbocycles. The third kappa shape index (κ3) is 1.60. The second kappa shape index (κ2) is 2.88. The smallest absolute Gasteiger partial charge is 0.450 e. The minimum atomic E-state index is -1.18. The maximum absolute atomic E-state index is 10.1. The average Bonchev–Trinajstić information content (AvgIpc) is 2.15. The van der Waals surface area contributed by atoms with E-state index in [0.717, 1.165) is 19.4 Å². The topological polar surface area (TPSA) is 49.8 Å². The summed E-state index contributed by atoms with van der Waals surface area (Å²) in [5.74, 6) is 0. The van der Waals surface area contributed by atoms with Crippen LogP contribution in [-0.4, -0.2) is 36.0 Å². The Morgan fingerprint density at radius 2 is 2.50 bits per heavy atom. The van der Waals surface area contributed by atoms with Crippen LogP contribution in [0.3, 0.4) is 0 Å². The molecular weight excluding hydrogens is 134 g/mol. The standard InChI is InChI=1S/C6H11NO3/c1-7-4-2-3-5(7)10-6(8)9/h5H,2-4H2,1H3,(H,8,9)/t5-/m1/s1. The van der Waals surface area contributed by atoms with Crippen molar-refractivity contribution in [2.45, 2.75) is 19.1 Å². The predicted octanol–water partition coefficient (Wildman–Crippen LogP) is 0.733. The minimum absolute atomic E-state index is 0.211. The van der Waals surface area contributed by atoms with E-state index in [1.165, 1.54) is 0 Å². The molecule has 58 valence electrons. The van der Waals surface area contributed by atoms with Gasteiger partial charge in [0.15, 0.2) is 6.23 Å². The number of hydrogen-bond acceptors (Lipinski definition) is 3. The Hall–Kier alpha value is -0.770. The lowest BCUT2D eigenvalue weighted by molar-refractivity contribution is -0.00306. The molecule has 0 aromatic rings. The Labute approximate surface area is 59.4 Å². The van der Waals surface area contributed by atoms with E-state index in [1.807, 2.05) is 11.9 Å². The maximum atomic E-state index is 10.1. The summed E-state index contributed by atoms with van der Waals surface area (Å²) < 4.78 is 4.57. The number of carboxylic acid groups (broad SMARTS) is 1. The third-order valence-corrected chi connectivity index (χ3v) is 1.69. The van der Waals surface area contributed by atoms with E-state index in [2.05, 4.69) is 4.74 Å². The summed E-state index contributed by atoms with van der Waals surface area (Å²) in [6.07, 6.45) is 0.452. The molecule has 1 aliphatic heterocycles. The zero-order valence-electron chi connectivity index (χ0n) is 5.91. The molecule has 0 bridgehead atoms. The van der Waals surface area contributed by atoms with Gasteiger partial charge in [-0.1, -0.05) is 0 Å². The van der Waals surface area contributed by atoms with Gasteiger partial charge < -0.3 is 9.84 Å². The van der Waals surface area contributed by atoms with Crippen molar-refractivity contribution in [2.75, 3.05) is 13.6 Å². The van der Waals surface area contributed by atoms with Crippen molar-refractivity contribution in [1.29, 1.82) is 0 Å². The summed E-state index contributed by atoms with van der Waals surface area (Å²) in [5.41, 5.74) is 0. The predicted molar refractivity (Wildman–Crippen MR) is 34.8 cm³/mol. The summed E-state index contributed by atoms with van der Waals surface area (Å²) in [6, 6.07) is 0. The lowest BCUT2D eigenvalue weighted by Crippen LogP contribution is -2.29. The van der Waals surface area contributed by atoms with Crippen LogP contribution in [0.2, 0.25) is 0 Å². The molecule has 1 aliphatic rings. The molecule has 1 rings (SSSR count). The number of rotatable bonds is 1. The molecule has 0 aromatic heterocycles. The van der Waals surface area contributed by atoms with Crippen LogP contribution in [-0.2, 0) is 4.74 Å². The van der Waals surface area contributed by atoms with Gasteiger partial charge in [-0.25, -0.2) is 4.79 Å². The first-order valence-electron chi connectivity index (χ1n) is 3.30. The van der Waals surface area contributed by atoms with Gasteiger partial charge in [0.05, 0.1) is 0 Å². The summed E-state index contributed by atoms with van der Waals surface area (Å²) in [4.78, 5) is 11.9. The fraction of sp³-hybridized carbons (Fsp3) is 0.833. The van der Waals surface area contributed by atoms with E-state index in [-0.39, 0.29) is 6.23 Å². The molecule has 1 heterocycles. The first-order valence-corrected chi connectivity index (χ1v) is 3.30. The SMILES string of the molecule is CN1CCC[C@H]1OC(=O)O. The quantitative estimate of drug-likeness (QED) is 0.553. The van der Waals surface area contributed by atoms with Crippen molar-refractivity contribution < 1.29 is 14.6 Å². The van der Waals surface area contributed by atoms with Gasteiger partial charge in [0, 0.05) is 6.54 Å². The van der Waals surface area contributed by atoms with Crippen molar-refractivity contribution in [3.63, 3.8) is 0 Å². The first kappa shape index (κ1) is 7.34. The molecule has 0 aromatic carbocycles. The molecule has 1 N–H and O–H groups in total. The van der Waals surface area contributed by atoms with Crippen molar-refractivity contribution >= 4 is 6.16 Å². The van der Waals surface area contributed by atoms with Gasteiger partial charge in [-0.2, -0.15) is 0 Å². The number of ether oxygens (including phenoxy) is 1. The van der Waals surface area contributed by atoms with E-state index < -0.39 is 6.16 Å². The summed E-state index contributed by atoms with van der Waals surface area (Å²) in [7, 11) is 1.86. The first-order chi connectivity index (χ1) is 4.70. The second-order valence-corrected chi connectivity index (χ2v) is 2.46. The lowest BCUT2D eigenvalue weighted by atomic mass is 10.4. The van der Waals surface area contributed by atoms with Crippen LogP contribution < -0.4 is 0 Å². The Balaban J connectivity index is 2.33. The van der Waals surface area contributed by atoms with Gasteiger partial charge in [0.25, 0.3) is 0 Å². The summed E-state index contributed by atoms with van der Waals surface area (Å²) >= 11 is 0. The van der Waals surface area contributed by atoms with Gasteiger partial charge in [-0.3, -0.25) is 4.90 Å². The summed E-state index contributed by atoms with van der Waals surface area (Å²) in [6.45, 7) is 0.929. The Bertz CT molecular complexity index is 137. The Kier molecular flexibility index (Phi) is 2.11. The highest BCUT2D eigenvalue weighted by molar-refractivity contribution is 5.57. The normalized spacial score (nSPS) is 26.7. The van der Waals surface area contributed by atoms with Crippen molar-refractivity contribution in [3.05, 3.63) is 0 Å². The van der Waals surface area contributed by atoms with Crippen molar-refractivity contribution in [1.82, 2.24) is 4.90 Å². The van der Waals surface area contributed by atoms with Crippen LogP contribution in [0.4, 0.5) is 4.79 Å². The fourth-order valence-electron chi connectivity index (χ4n) is 1.14. The van der Waals surface area contributed by atoms with E-state index in [0.29, 0.717) is 0 Å². The molecule has 10 heavy (non-hydrogen) atoms. The molecule has 0 amide bonds. The molecule has 1 fully saturated rings. The molecule has 1 saturated heterocycles. The molecule has 4 nitrogen and oxygen atoms in total. The average molecular weight is 145 g/mol. The number of nitrogens with zero attached hydrogens (tertiary/aromatic N) is 1. The van der Waals surface area contributed by atoms with Crippen LogP contribution in [0.25, 0.3) is 0 Å². The molecular formula is C6H11NO3. The summed E-state index contributed by atoms with van der Waals surface area (Å²) in [5, 5.41) is 8.24. The van der Waals surface area contributed by atoms with E-state index in [1.54, 1.807) is 0 Å². The van der Waals surface area contributed by atoms with E-state index in [9.17, 15) is 4.79 Å². The highest BCUT2D eigenvalue weighted by Gasteiger charge is 2.23. The second-order valence-electron chi connectivity index (χ2n) is 2.46. The van der Waals surface area contributed by atoms with Gasteiger partial charge in [0.1, 0.15) is 0 Å². The zero-order chi connectivity index (χ0) is 7.56. The van der Waals surface area contributed by atoms with Crippen LogP contribution in [0.5, 0.6) is 0 Å². The number of likely N-dealkylation sites (tertiary alicyclic amines) is 1. The van der Waals surface area contributed by atoms with E-state index in [4.69, 9.17) is 5.11 Å². The van der Waals surface area contributed by atoms with Crippen LogP contribution in [0.1, 0.15) is 12.8 Å². The molecule has 0 aliphatic carbocycles. The van der Waals surface area contributed by atoms with Gasteiger partial charge >= 0.3 is 6.16 Å². The largest absolute Gasteiger partial charge is 0.507 e. The van der Waals surface area contributed by atoms with Gasteiger partial charge in [-0.15, -0.1) is 0 Å². The van der Waals surface area contributed by atoms with Crippen molar-refractivity contribution in [3.8, 4) is 0 Å². The maximum Gasteiger partial charge on any atom is 0.507 e. The Morgan fingerprint density at radius 1 is 1.80 bits per heavy atom. The molecule has 0 unspecified atom stereocenters.